The van der Waals surface area contributed by atoms with Crippen molar-refractivity contribution in [1.82, 2.24) is 48.6 Å². The molecular formula is C69H88N10O7. The van der Waals surface area contributed by atoms with E-state index in [1.54, 1.807) is 48.9 Å². The summed E-state index contributed by atoms with van der Waals surface area (Å²) in [5, 5.41) is 7.40. The number of fused-ring (bicyclic) bond motifs is 6. The molecule has 12 rings (SSSR count). The molecule has 0 aliphatic heterocycles. The zero-order valence-corrected chi connectivity index (χ0v) is 51.7. The van der Waals surface area contributed by atoms with Crippen molar-refractivity contribution in [1.29, 1.82) is 0 Å². The molecule has 0 saturated carbocycles. The van der Waals surface area contributed by atoms with Crippen molar-refractivity contribution >= 4 is 65.9 Å². The molecule has 0 fully saturated rings. The lowest BCUT2D eigenvalue weighted by Gasteiger charge is -2.03. The topological polar surface area (TPSA) is 179 Å². The van der Waals surface area contributed by atoms with Crippen LogP contribution in [0.5, 0.6) is 0 Å². The number of aromatic amines is 2. The van der Waals surface area contributed by atoms with Gasteiger partial charge in [-0.25, -0.2) is 15.0 Å². The van der Waals surface area contributed by atoms with Gasteiger partial charge in [0.25, 0.3) is 0 Å². The summed E-state index contributed by atoms with van der Waals surface area (Å²) in [6, 6.07) is 28.7. The minimum atomic E-state index is 0.798. The summed E-state index contributed by atoms with van der Waals surface area (Å²) in [5.41, 5.74) is 11.8. The Morgan fingerprint density at radius 2 is 1.01 bits per heavy atom. The van der Waals surface area contributed by atoms with Crippen LogP contribution < -0.4 is 0 Å². The molecule has 0 amide bonds. The standard InChI is InChI=1S/C13H16O2.C12H16N2O.4C11H14N2O/c1-10-11(7-5-9-14-2)12-6-3-4-8-13(12)15-10;1-14-9-10(5-4-8-15-2)11-6-3-7-13-12(11)14;1-14-8-2-6-13-7-4-10-9-12-5-3-11(10)13;1-14-7-3-4-9-8-13-11-10(9)5-2-6-12-11;1-14-9-3-7-13-8-5-10-4-2-6-12-11(10)13;1-14-6-2-3-9-7-13-11-8-12-5-4-10(9)11/h3-4,6,8H,5,7,9H2,1-2H3;3,6-7,9H,4-5,8H2,1-2H3;3-5,7,9H,2,6,8H2,1H3;2,5-6,8H,3-4,7H2,1H3,(H,12,13);2,4-6,8H,3,7,9H2,1H3;4-5,7-8,13H,2-3,6H2,1H3. The quantitative estimate of drug-likeness (QED) is 0.0548. The van der Waals surface area contributed by atoms with Gasteiger partial charge in [-0.1, -0.05) is 18.2 Å². The smallest absolute Gasteiger partial charge is 0.139 e. The average Bonchev–Trinajstić information content (AvgIpc) is 4.64. The van der Waals surface area contributed by atoms with Crippen LogP contribution in [0.15, 0.2) is 164 Å². The third-order valence-corrected chi connectivity index (χ3v) is 14.6. The monoisotopic (exact) mass is 1170 g/mol. The fourth-order valence-corrected chi connectivity index (χ4v) is 10.3. The van der Waals surface area contributed by atoms with E-state index in [9.17, 15) is 0 Å². The fourth-order valence-electron chi connectivity index (χ4n) is 10.3. The molecule has 0 aliphatic rings. The number of aryl methyl sites for hydroxylation is 8. The van der Waals surface area contributed by atoms with Crippen molar-refractivity contribution in [2.45, 2.75) is 84.2 Å². The van der Waals surface area contributed by atoms with Crippen LogP contribution >= 0.6 is 0 Å². The van der Waals surface area contributed by atoms with E-state index in [0.717, 1.165) is 151 Å². The molecular weight excluding hydrogens is 1080 g/mol. The van der Waals surface area contributed by atoms with Gasteiger partial charge in [0, 0.05) is 208 Å². The molecule has 12 aromatic rings. The van der Waals surface area contributed by atoms with Gasteiger partial charge in [-0.3, -0.25) is 9.97 Å². The minimum absolute atomic E-state index is 0.798. The highest BCUT2D eigenvalue weighted by Crippen LogP contribution is 2.27. The maximum atomic E-state index is 5.69. The van der Waals surface area contributed by atoms with Crippen molar-refractivity contribution in [2.75, 3.05) is 82.3 Å². The highest BCUT2D eigenvalue weighted by Gasteiger charge is 2.10. The lowest BCUT2D eigenvalue weighted by molar-refractivity contribution is 0.190. The summed E-state index contributed by atoms with van der Waals surface area (Å²) in [6.45, 7) is 8.86. The van der Waals surface area contributed by atoms with Gasteiger partial charge >= 0.3 is 0 Å². The Morgan fingerprint density at radius 1 is 0.465 bits per heavy atom. The van der Waals surface area contributed by atoms with Crippen molar-refractivity contribution < 1.29 is 32.8 Å². The Balaban J connectivity index is 0.000000148. The number of ether oxygens (including phenoxy) is 6. The summed E-state index contributed by atoms with van der Waals surface area (Å²) in [4.78, 5) is 27.5. The predicted molar refractivity (Wildman–Crippen MR) is 347 cm³/mol. The Kier molecular flexibility index (Phi) is 28.0. The molecule has 0 atom stereocenters. The number of benzene rings is 1. The number of methoxy groups -OCH3 is 6. The SMILES string of the molecule is COCCCc1c(C)oc2ccccc12.COCCCc1c[nH]c2cnccc12.COCCCc1c[nH]c2ncccc12.COCCCc1cn(C)c2ncccc12.COCCCn1ccc2cccnc21.COCCCn1ccc2cnccc21. The van der Waals surface area contributed by atoms with E-state index in [-0.39, 0.29) is 0 Å². The van der Waals surface area contributed by atoms with Crippen molar-refractivity contribution in [2.24, 2.45) is 7.05 Å². The van der Waals surface area contributed by atoms with E-state index < -0.39 is 0 Å². The van der Waals surface area contributed by atoms with Crippen LogP contribution in [0.3, 0.4) is 0 Å². The molecule has 456 valence electrons. The average molecular weight is 1170 g/mol. The summed E-state index contributed by atoms with van der Waals surface area (Å²) >= 11 is 0. The number of pyridine rings is 5. The highest BCUT2D eigenvalue weighted by atomic mass is 16.5. The number of aromatic nitrogens is 10. The Bertz CT molecular complexity index is 3470. The Labute approximate surface area is 506 Å². The number of H-pyrrole nitrogens is 2. The van der Waals surface area contributed by atoms with Crippen molar-refractivity contribution in [3.63, 3.8) is 0 Å². The van der Waals surface area contributed by atoms with Crippen LogP contribution in [0, 0.1) is 6.92 Å². The zero-order chi connectivity index (χ0) is 60.6. The number of nitrogens with one attached hydrogen (secondary N) is 2. The molecule has 0 bridgehead atoms. The molecule has 86 heavy (non-hydrogen) atoms. The number of rotatable bonds is 24. The zero-order valence-electron chi connectivity index (χ0n) is 51.7. The molecule has 0 saturated heterocycles. The first-order chi connectivity index (χ1) is 42.3. The molecule has 11 heterocycles. The van der Waals surface area contributed by atoms with Crippen LogP contribution in [-0.2, 0) is 74.2 Å². The second-order valence-electron chi connectivity index (χ2n) is 20.7. The number of furan rings is 1. The lowest BCUT2D eigenvalue weighted by Crippen LogP contribution is -2.00. The summed E-state index contributed by atoms with van der Waals surface area (Å²) in [5.74, 6) is 1.03. The second kappa shape index (κ2) is 36.7. The Morgan fingerprint density at radius 3 is 1.73 bits per heavy atom. The molecule has 0 spiro atoms. The normalized spacial score (nSPS) is 11.0. The third-order valence-electron chi connectivity index (χ3n) is 14.6. The molecule has 0 aliphatic carbocycles. The van der Waals surface area contributed by atoms with Gasteiger partial charge < -0.3 is 56.5 Å². The molecule has 1 aromatic carbocycles. The number of hydrogen-bond acceptors (Lipinski definition) is 12. The van der Waals surface area contributed by atoms with Gasteiger partial charge in [0.15, 0.2) is 0 Å². The van der Waals surface area contributed by atoms with Gasteiger partial charge in [-0.2, -0.15) is 0 Å². The van der Waals surface area contributed by atoms with E-state index in [0.29, 0.717) is 0 Å². The van der Waals surface area contributed by atoms with Crippen molar-refractivity contribution in [3.05, 3.63) is 187 Å². The maximum Gasteiger partial charge on any atom is 0.139 e. The van der Waals surface area contributed by atoms with E-state index in [1.807, 2.05) is 99.8 Å². The summed E-state index contributed by atoms with van der Waals surface area (Å²) < 4.78 is 42.4. The highest BCUT2D eigenvalue weighted by molar-refractivity contribution is 5.84. The molecule has 2 N–H and O–H groups in total. The second-order valence-corrected chi connectivity index (χ2v) is 20.7. The first kappa shape index (κ1) is 65.5. The van der Waals surface area contributed by atoms with Crippen LogP contribution in [0.1, 0.15) is 66.5 Å². The molecule has 17 heteroatoms. The Hall–Kier alpha value is -8.03. The maximum absolute atomic E-state index is 5.69. The molecule has 0 radical (unpaired) electrons. The van der Waals surface area contributed by atoms with E-state index >= 15 is 0 Å². The van der Waals surface area contributed by atoms with Crippen LogP contribution in [0.25, 0.3) is 65.9 Å². The molecule has 0 unspecified atom stereocenters. The molecule has 17 nitrogen and oxygen atoms in total. The van der Waals surface area contributed by atoms with Gasteiger partial charge in [0.1, 0.15) is 28.3 Å². The summed E-state index contributed by atoms with van der Waals surface area (Å²) in [7, 11) is 12.4. The lowest BCUT2D eigenvalue weighted by atomic mass is 10.1. The fraction of sp³-hybridized carbons (Fsp3) is 0.377. The first-order valence-corrected chi connectivity index (χ1v) is 29.7. The largest absolute Gasteiger partial charge is 0.461 e. The van der Waals surface area contributed by atoms with Gasteiger partial charge in [-0.05, 0) is 155 Å². The van der Waals surface area contributed by atoms with Crippen LogP contribution in [-0.4, -0.2) is 131 Å². The van der Waals surface area contributed by atoms with E-state index in [2.05, 4.69) is 116 Å². The number of para-hydroxylation sites is 1. The first-order valence-electron chi connectivity index (χ1n) is 29.7. The minimum Gasteiger partial charge on any atom is -0.461 e. The van der Waals surface area contributed by atoms with Gasteiger partial charge in [-0.15, -0.1) is 0 Å². The van der Waals surface area contributed by atoms with Gasteiger partial charge in [0.2, 0.25) is 0 Å². The van der Waals surface area contributed by atoms with E-state index in [1.165, 1.54) is 60.1 Å². The molecule has 11 aromatic heterocycles. The predicted octanol–water partition coefficient (Wildman–Crippen LogP) is 13.9. The van der Waals surface area contributed by atoms with Crippen LogP contribution in [0.4, 0.5) is 0 Å². The summed E-state index contributed by atoms with van der Waals surface area (Å²) in [6.07, 6.45) is 33.8. The third kappa shape index (κ3) is 19.5. The van der Waals surface area contributed by atoms with E-state index in [4.69, 9.17) is 32.8 Å². The van der Waals surface area contributed by atoms with Crippen LogP contribution in [0.2, 0.25) is 0 Å². The number of hydrogen-bond donors (Lipinski definition) is 2. The van der Waals surface area contributed by atoms with Crippen molar-refractivity contribution in [3.8, 4) is 0 Å². The number of nitrogens with zero attached hydrogens (tertiary/aromatic N) is 8. The van der Waals surface area contributed by atoms with Gasteiger partial charge in [0.05, 0.1) is 17.2 Å².